The van der Waals surface area contributed by atoms with Crippen molar-refractivity contribution in [1.29, 1.82) is 0 Å². The minimum absolute atomic E-state index is 0.145. The van der Waals surface area contributed by atoms with E-state index in [-0.39, 0.29) is 23.3 Å². The molecule has 0 fully saturated rings. The number of esters is 2. The standard InChI is InChI=1S/C46H65N3O5S/c1-9-10-11-12-13-14-15-16-17-18-19-20-21-25-35-26-24-29-39(52-31(2)3)41(35)43-40(44(50)53-32(4)5)34(8)47-38(42(43)45(51)54-33(6)7)30-55-46-48-36-27-22-23-28-37(36)49-46/h22-24,26-29,31-33H,9-21,25,30H2,1-8H3,(H,48,49). The first-order chi connectivity index (χ1) is 26.5. The van der Waals surface area contributed by atoms with Gasteiger partial charge in [0.25, 0.3) is 0 Å². The van der Waals surface area contributed by atoms with Gasteiger partial charge in [-0.2, -0.15) is 0 Å². The van der Waals surface area contributed by atoms with Gasteiger partial charge in [0.1, 0.15) is 5.75 Å². The number of aromatic amines is 1. The van der Waals surface area contributed by atoms with Gasteiger partial charge in [0.05, 0.1) is 51.9 Å². The molecule has 8 nitrogen and oxygen atoms in total. The molecule has 9 heteroatoms. The van der Waals surface area contributed by atoms with Crippen molar-refractivity contribution in [3.05, 3.63) is 70.5 Å². The maximum Gasteiger partial charge on any atom is 0.340 e. The van der Waals surface area contributed by atoms with Crippen LogP contribution in [0.3, 0.4) is 0 Å². The van der Waals surface area contributed by atoms with E-state index in [1.165, 1.54) is 82.4 Å². The van der Waals surface area contributed by atoms with Gasteiger partial charge in [-0.15, -0.1) is 0 Å². The summed E-state index contributed by atoms with van der Waals surface area (Å²) in [5.74, 6) is -0.142. The summed E-state index contributed by atoms with van der Waals surface area (Å²) >= 11 is 1.45. The van der Waals surface area contributed by atoms with Crippen molar-refractivity contribution < 1.29 is 23.8 Å². The predicted molar refractivity (Wildman–Crippen MR) is 226 cm³/mol. The molecule has 0 spiro atoms. The number of imidazole rings is 1. The number of thioether (sulfide) groups is 1. The molecule has 0 atom stereocenters. The molecule has 4 rings (SSSR count). The summed E-state index contributed by atoms with van der Waals surface area (Å²) in [6.07, 6.45) is 16.4. The summed E-state index contributed by atoms with van der Waals surface area (Å²) in [5, 5.41) is 0.709. The number of hydrogen-bond donors (Lipinski definition) is 1. The van der Waals surface area contributed by atoms with E-state index in [4.69, 9.17) is 24.2 Å². The van der Waals surface area contributed by atoms with Crippen LogP contribution in [0.2, 0.25) is 0 Å². The molecule has 0 amide bonds. The quantitative estimate of drug-likeness (QED) is 0.0427. The van der Waals surface area contributed by atoms with Crippen LogP contribution >= 0.6 is 11.8 Å². The van der Waals surface area contributed by atoms with Crippen LogP contribution in [0.15, 0.2) is 47.6 Å². The fraction of sp³-hybridized carbons (Fsp3) is 0.565. The van der Waals surface area contributed by atoms with Crippen LogP contribution in [0.1, 0.15) is 170 Å². The van der Waals surface area contributed by atoms with E-state index in [1.54, 1.807) is 0 Å². The van der Waals surface area contributed by atoms with E-state index >= 15 is 0 Å². The Kier molecular flexibility index (Phi) is 18.1. The number of pyridine rings is 1. The van der Waals surface area contributed by atoms with Gasteiger partial charge >= 0.3 is 11.9 Å². The Labute approximate surface area is 334 Å². The predicted octanol–water partition coefficient (Wildman–Crippen LogP) is 12.8. The van der Waals surface area contributed by atoms with E-state index in [0.29, 0.717) is 33.6 Å². The lowest BCUT2D eigenvalue weighted by atomic mass is 9.87. The number of rotatable bonds is 24. The van der Waals surface area contributed by atoms with Crippen molar-refractivity contribution in [3.8, 4) is 16.9 Å². The fourth-order valence-electron chi connectivity index (χ4n) is 7.02. The summed E-state index contributed by atoms with van der Waals surface area (Å²) in [6.45, 7) is 15.3. The summed E-state index contributed by atoms with van der Waals surface area (Å²) in [6, 6.07) is 13.9. The van der Waals surface area contributed by atoms with Crippen LogP contribution in [0.5, 0.6) is 5.75 Å². The first-order valence-corrected chi connectivity index (χ1v) is 21.8. The number of nitrogens with zero attached hydrogens (tertiary/aromatic N) is 2. The van der Waals surface area contributed by atoms with Gasteiger partial charge in [0.15, 0.2) is 5.16 Å². The largest absolute Gasteiger partial charge is 0.490 e. The lowest BCUT2D eigenvalue weighted by molar-refractivity contribution is 0.0377. The van der Waals surface area contributed by atoms with Crippen molar-refractivity contribution in [2.75, 3.05) is 0 Å². The molecule has 0 unspecified atom stereocenters. The van der Waals surface area contributed by atoms with Gasteiger partial charge in [-0.25, -0.2) is 14.6 Å². The Morgan fingerprint density at radius 2 is 1.25 bits per heavy atom. The molecule has 0 aliphatic carbocycles. The lowest BCUT2D eigenvalue weighted by Gasteiger charge is -2.24. The molecule has 4 aromatic rings. The van der Waals surface area contributed by atoms with E-state index in [2.05, 4.69) is 18.0 Å². The van der Waals surface area contributed by atoms with Crippen molar-refractivity contribution >= 4 is 34.7 Å². The Balaban J connectivity index is 1.70. The van der Waals surface area contributed by atoms with E-state index in [0.717, 1.165) is 41.4 Å². The highest BCUT2D eigenvalue weighted by atomic mass is 32.2. The van der Waals surface area contributed by atoms with Crippen LogP contribution < -0.4 is 4.74 Å². The number of carbonyl (C=O) groups excluding carboxylic acids is 2. The van der Waals surface area contributed by atoms with Gasteiger partial charge in [-0.3, -0.25) is 4.98 Å². The Morgan fingerprint density at radius 1 is 0.673 bits per heavy atom. The molecule has 0 aliphatic heterocycles. The smallest absolute Gasteiger partial charge is 0.340 e. The van der Waals surface area contributed by atoms with Crippen LogP contribution in [-0.2, 0) is 21.6 Å². The van der Waals surface area contributed by atoms with Crippen LogP contribution in [-0.4, -0.2) is 45.2 Å². The lowest BCUT2D eigenvalue weighted by Crippen LogP contribution is -2.22. The molecule has 55 heavy (non-hydrogen) atoms. The van der Waals surface area contributed by atoms with Gasteiger partial charge < -0.3 is 19.2 Å². The number of nitrogens with one attached hydrogen (secondary N) is 1. The van der Waals surface area contributed by atoms with E-state index < -0.39 is 18.0 Å². The fourth-order valence-corrected chi connectivity index (χ4v) is 7.85. The summed E-state index contributed by atoms with van der Waals surface area (Å²) in [7, 11) is 0. The molecule has 2 aromatic carbocycles. The third-order valence-corrected chi connectivity index (χ3v) is 10.4. The number of ether oxygens (including phenoxy) is 3. The van der Waals surface area contributed by atoms with E-state index in [9.17, 15) is 9.59 Å². The molecule has 2 aromatic heterocycles. The van der Waals surface area contributed by atoms with Crippen molar-refractivity contribution in [2.45, 2.75) is 175 Å². The maximum absolute atomic E-state index is 14.4. The number of carbonyl (C=O) groups is 2. The second-order valence-corrected chi connectivity index (χ2v) is 16.4. The minimum Gasteiger partial charge on any atom is -0.490 e. The summed E-state index contributed by atoms with van der Waals surface area (Å²) in [5.41, 5.74) is 5.49. The molecule has 1 N–H and O–H groups in total. The number of H-pyrrole nitrogens is 1. The topological polar surface area (TPSA) is 103 Å². The van der Waals surface area contributed by atoms with Crippen LogP contribution in [0.25, 0.3) is 22.2 Å². The highest BCUT2D eigenvalue weighted by Gasteiger charge is 2.33. The summed E-state index contributed by atoms with van der Waals surface area (Å²) < 4.78 is 18.3. The highest BCUT2D eigenvalue weighted by molar-refractivity contribution is 7.98. The van der Waals surface area contributed by atoms with Gasteiger partial charge in [-0.05, 0) is 85.1 Å². The maximum atomic E-state index is 14.4. The number of aryl methyl sites for hydroxylation is 2. The first-order valence-electron chi connectivity index (χ1n) is 20.8. The molecule has 0 bridgehead atoms. The zero-order valence-electron chi connectivity index (χ0n) is 34.7. The Hall–Kier alpha value is -3.85. The zero-order chi connectivity index (χ0) is 39.7. The second kappa shape index (κ2) is 22.6. The molecule has 0 radical (unpaired) electrons. The molecule has 300 valence electrons. The number of unbranched alkanes of at least 4 members (excludes halogenated alkanes) is 12. The van der Waals surface area contributed by atoms with Gasteiger partial charge in [-0.1, -0.05) is 120 Å². The number of hydrogen-bond acceptors (Lipinski definition) is 8. The second-order valence-electron chi connectivity index (χ2n) is 15.5. The minimum atomic E-state index is -0.539. The van der Waals surface area contributed by atoms with Crippen LogP contribution in [0, 0.1) is 6.92 Å². The SMILES string of the molecule is CCCCCCCCCCCCCCCc1cccc(OC(C)C)c1-c1c(C(=O)OC(C)C)c(C)nc(CSc2nc3ccccc3[nH]2)c1C(=O)OC(C)C. The number of para-hydroxylation sites is 2. The third-order valence-electron chi connectivity index (χ3n) is 9.53. The molecular weight excluding hydrogens is 707 g/mol. The average molecular weight is 772 g/mol. The third kappa shape index (κ3) is 13.4. The average Bonchev–Trinajstić information content (AvgIpc) is 3.55. The molecule has 0 saturated heterocycles. The van der Waals surface area contributed by atoms with Crippen molar-refractivity contribution in [3.63, 3.8) is 0 Å². The molecule has 0 saturated carbocycles. The zero-order valence-corrected chi connectivity index (χ0v) is 35.5. The monoisotopic (exact) mass is 771 g/mol. The molecular formula is C46H65N3O5S. The number of fused-ring (bicyclic) bond motifs is 1. The Morgan fingerprint density at radius 3 is 1.84 bits per heavy atom. The van der Waals surface area contributed by atoms with Crippen molar-refractivity contribution in [1.82, 2.24) is 15.0 Å². The highest BCUT2D eigenvalue weighted by Crippen LogP contribution is 2.42. The first kappa shape index (κ1) is 43.9. The van der Waals surface area contributed by atoms with Gasteiger partial charge in [0.2, 0.25) is 0 Å². The normalized spacial score (nSPS) is 11.6. The Bertz CT molecular complexity index is 1780. The molecule has 0 aliphatic rings. The van der Waals surface area contributed by atoms with Crippen molar-refractivity contribution in [2.24, 2.45) is 0 Å². The number of benzene rings is 2. The summed E-state index contributed by atoms with van der Waals surface area (Å²) in [4.78, 5) is 41.5. The van der Waals surface area contributed by atoms with E-state index in [1.807, 2.05) is 84.9 Å². The number of aromatic nitrogens is 3. The molecule has 2 heterocycles. The van der Waals surface area contributed by atoms with Gasteiger partial charge in [0, 0.05) is 16.9 Å². The van der Waals surface area contributed by atoms with Crippen LogP contribution in [0.4, 0.5) is 0 Å².